The van der Waals surface area contributed by atoms with Crippen LogP contribution >= 0.6 is 0 Å². The standard InChI is InChI=1S/C21H22O6/c1-14(22)16-6-7-20(26-4)17(11-16)13-27-21(23)8-5-15-9-18(24-2)12-19(10-15)25-3/h5-12H,13H2,1-4H3/b8-5+. The summed E-state index contributed by atoms with van der Waals surface area (Å²) in [5.41, 5.74) is 1.88. The first-order valence-electron chi connectivity index (χ1n) is 8.22. The Kier molecular flexibility index (Phi) is 7.00. The lowest BCUT2D eigenvalue weighted by Crippen LogP contribution is -2.04. The fraction of sp³-hybridized carbons (Fsp3) is 0.238. The Labute approximate surface area is 158 Å². The van der Waals surface area contributed by atoms with E-state index in [-0.39, 0.29) is 12.4 Å². The molecule has 0 fully saturated rings. The van der Waals surface area contributed by atoms with Crippen LogP contribution in [0.3, 0.4) is 0 Å². The van der Waals surface area contributed by atoms with E-state index in [0.29, 0.717) is 28.4 Å². The van der Waals surface area contributed by atoms with Gasteiger partial charge < -0.3 is 18.9 Å². The zero-order valence-electron chi connectivity index (χ0n) is 15.8. The molecule has 2 rings (SSSR count). The van der Waals surface area contributed by atoms with Gasteiger partial charge in [-0.1, -0.05) is 0 Å². The maximum atomic E-state index is 12.0. The Hall–Kier alpha value is -3.28. The summed E-state index contributed by atoms with van der Waals surface area (Å²) in [6.45, 7) is 1.47. The minimum atomic E-state index is -0.521. The molecule has 0 heterocycles. The highest BCUT2D eigenvalue weighted by molar-refractivity contribution is 5.94. The molecule has 0 atom stereocenters. The maximum Gasteiger partial charge on any atom is 0.331 e. The van der Waals surface area contributed by atoms with Gasteiger partial charge in [0.2, 0.25) is 0 Å². The number of carbonyl (C=O) groups is 2. The van der Waals surface area contributed by atoms with Gasteiger partial charge in [0.25, 0.3) is 0 Å². The van der Waals surface area contributed by atoms with Crippen molar-refractivity contribution >= 4 is 17.8 Å². The molecule has 0 aliphatic carbocycles. The second-order valence-corrected chi connectivity index (χ2v) is 5.67. The zero-order chi connectivity index (χ0) is 19.8. The summed E-state index contributed by atoms with van der Waals surface area (Å²) in [4.78, 5) is 23.6. The lowest BCUT2D eigenvalue weighted by molar-refractivity contribution is -0.138. The van der Waals surface area contributed by atoms with Crippen molar-refractivity contribution in [1.82, 2.24) is 0 Å². The molecule has 27 heavy (non-hydrogen) atoms. The molecule has 2 aromatic carbocycles. The van der Waals surface area contributed by atoms with Crippen molar-refractivity contribution in [2.75, 3.05) is 21.3 Å². The topological polar surface area (TPSA) is 71.1 Å². The van der Waals surface area contributed by atoms with Crippen molar-refractivity contribution in [2.24, 2.45) is 0 Å². The van der Waals surface area contributed by atoms with Gasteiger partial charge in [0.1, 0.15) is 23.9 Å². The van der Waals surface area contributed by atoms with Crippen molar-refractivity contribution < 1.29 is 28.5 Å². The Morgan fingerprint density at radius 3 is 2.15 bits per heavy atom. The number of methoxy groups -OCH3 is 3. The van der Waals surface area contributed by atoms with Crippen molar-refractivity contribution in [2.45, 2.75) is 13.5 Å². The highest BCUT2D eigenvalue weighted by Gasteiger charge is 2.09. The van der Waals surface area contributed by atoms with Crippen molar-refractivity contribution in [3.8, 4) is 17.2 Å². The van der Waals surface area contributed by atoms with Crippen LogP contribution in [0.4, 0.5) is 0 Å². The van der Waals surface area contributed by atoms with E-state index in [1.54, 1.807) is 56.7 Å². The minimum Gasteiger partial charge on any atom is -0.497 e. The van der Waals surface area contributed by atoms with E-state index >= 15 is 0 Å². The molecule has 0 aliphatic rings. The molecular formula is C21H22O6. The van der Waals surface area contributed by atoms with Gasteiger partial charge in [0.15, 0.2) is 5.78 Å². The summed E-state index contributed by atoms with van der Waals surface area (Å²) in [5.74, 6) is 1.19. The minimum absolute atomic E-state index is 0.00506. The number of hydrogen-bond acceptors (Lipinski definition) is 6. The van der Waals surface area contributed by atoms with Crippen LogP contribution in [-0.2, 0) is 16.1 Å². The Morgan fingerprint density at radius 2 is 1.59 bits per heavy atom. The molecule has 0 saturated carbocycles. The number of carbonyl (C=O) groups excluding carboxylic acids is 2. The average molecular weight is 370 g/mol. The first kappa shape index (κ1) is 20.0. The number of hydrogen-bond donors (Lipinski definition) is 0. The van der Waals surface area contributed by atoms with E-state index in [1.165, 1.54) is 20.1 Å². The van der Waals surface area contributed by atoms with Gasteiger partial charge in [-0.05, 0) is 48.9 Å². The fourth-order valence-electron chi connectivity index (χ4n) is 2.40. The van der Waals surface area contributed by atoms with Gasteiger partial charge in [0.05, 0.1) is 21.3 Å². The third kappa shape index (κ3) is 5.60. The second-order valence-electron chi connectivity index (χ2n) is 5.67. The van der Waals surface area contributed by atoms with Crippen molar-refractivity contribution in [3.05, 3.63) is 59.2 Å². The van der Waals surface area contributed by atoms with E-state index < -0.39 is 5.97 Å². The Bertz CT molecular complexity index is 831. The van der Waals surface area contributed by atoms with Crippen molar-refractivity contribution in [1.29, 1.82) is 0 Å². The maximum absolute atomic E-state index is 12.0. The van der Waals surface area contributed by atoms with E-state index in [4.69, 9.17) is 18.9 Å². The number of benzene rings is 2. The van der Waals surface area contributed by atoms with Crippen LogP contribution in [0.25, 0.3) is 6.08 Å². The molecule has 6 heteroatoms. The molecule has 0 amide bonds. The smallest absolute Gasteiger partial charge is 0.331 e. The zero-order valence-corrected chi connectivity index (χ0v) is 15.8. The number of ether oxygens (including phenoxy) is 4. The van der Waals surface area contributed by atoms with Gasteiger partial charge in [-0.3, -0.25) is 4.79 Å². The van der Waals surface area contributed by atoms with Gasteiger partial charge in [-0.25, -0.2) is 4.79 Å². The van der Waals surface area contributed by atoms with Crippen LogP contribution in [0.15, 0.2) is 42.5 Å². The Morgan fingerprint density at radius 1 is 0.926 bits per heavy atom. The third-order valence-corrected chi connectivity index (χ3v) is 3.84. The van der Waals surface area contributed by atoms with Crippen LogP contribution in [0, 0.1) is 0 Å². The van der Waals surface area contributed by atoms with Crippen LogP contribution in [0.1, 0.15) is 28.4 Å². The van der Waals surface area contributed by atoms with Crippen LogP contribution < -0.4 is 14.2 Å². The van der Waals surface area contributed by atoms with Crippen LogP contribution in [-0.4, -0.2) is 33.1 Å². The highest BCUT2D eigenvalue weighted by atomic mass is 16.5. The highest BCUT2D eigenvalue weighted by Crippen LogP contribution is 2.24. The molecular weight excluding hydrogens is 348 g/mol. The molecule has 0 aliphatic heterocycles. The molecule has 0 spiro atoms. The van der Waals surface area contributed by atoms with Gasteiger partial charge >= 0.3 is 5.97 Å². The summed E-state index contributed by atoms with van der Waals surface area (Å²) in [6.07, 6.45) is 2.92. The summed E-state index contributed by atoms with van der Waals surface area (Å²) in [6, 6.07) is 10.3. The fourth-order valence-corrected chi connectivity index (χ4v) is 2.40. The average Bonchev–Trinajstić information content (AvgIpc) is 2.69. The number of ketones is 1. The second kappa shape index (κ2) is 9.43. The Balaban J connectivity index is 2.07. The molecule has 0 radical (unpaired) electrons. The van der Waals surface area contributed by atoms with Crippen LogP contribution in [0.2, 0.25) is 0 Å². The van der Waals surface area contributed by atoms with E-state index in [9.17, 15) is 9.59 Å². The predicted molar refractivity (Wildman–Crippen MR) is 101 cm³/mol. The molecule has 0 saturated heterocycles. The first-order chi connectivity index (χ1) is 13.0. The number of Topliss-reactive ketones (excluding diaryl/α,β-unsaturated/α-hetero) is 1. The lowest BCUT2D eigenvalue weighted by Gasteiger charge is -2.10. The number of esters is 1. The molecule has 6 nitrogen and oxygen atoms in total. The molecule has 142 valence electrons. The quantitative estimate of drug-likeness (QED) is 0.401. The number of rotatable bonds is 8. The third-order valence-electron chi connectivity index (χ3n) is 3.84. The van der Waals surface area contributed by atoms with Gasteiger partial charge in [-0.15, -0.1) is 0 Å². The monoisotopic (exact) mass is 370 g/mol. The summed E-state index contributed by atoms with van der Waals surface area (Å²) in [5, 5.41) is 0. The van der Waals surface area contributed by atoms with E-state index in [1.807, 2.05) is 0 Å². The summed E-state index contributed by atoms with van der Waals surface area (Å²) >= 11 is 0. The van der Waals surface area contributed by atoms with Gasteiger partial charge in [-0.2, -0.15) is 0 Å². The largest absolute Gasteiger partial charge is 0.497 e. The van der Waals surface area contributed by atoms with Gasteiger partial charge in [0, 0.05) is 23.3 Å². The molecule has 0 aromatic heterocycles. The molecule has 0 N–H and O–H groups in total. The molecule has 2 aromatic rings. The lowest BCUT2D eigenvalue weighted by atomic mass is 10.1. The van der Waals surface area contributed by atoms with E-state index in [2.05, 4.69) is 0 Å². The summed E-state index contributed by atoms with van der Waals surface area (Å²) in [7, 11) is 4.63. The van der Waals surface area contributed by atoms with Crippen molar-refractivity contribution in [3.63, 3.8) is 0 Å². The first-order valence-corrected chi connectivity index (χ1v) is 8.22. The normalized spacial score (nSPS) is 10.5. The molecule has 0 bridgehead atoms. The molecule has 0 unspecified atom stereocenters. The summed E-state index contributed by atoms with van der Waals surface area (Å²) < 4.78 is 20.9. The van der Waals surface area contributed by atoms with E-state index in [0.717, 1.165) is 5.56 Å². The SMILES string of the molecule is COc1cc(/C=C/C(=O)OCc2cc(C(C)=O)ccc2OC)cc(OC)c1. The predicted octanol–water partition coefficient (Wildman–Crippen LogP) is 3.67. The van der Waals surface area contributed by atoms with Crippen LogP contribution in [0.5, 0.6) is 17.2 Å².